The molecule has 62 valence electrons. The number of rotatable bonds is 0. The zero-order valence-corrected chi connectivity index (χ0v) is 6.38. The number of carbonyl (C=O) groups is 1. The van der Waals surface area contributed by atoms with Crippen LogP contribution < -0.4 is 5.73 Å². The molecule has 1 aliphatic rings. The van der Waals surface area contributed by atoms with Crippen molar-refractivity contribution >= 4 is 5.78 Å². The first kappa shape index (κ1) is 7.43. The Balaban J connectivity index is 2.67. The molecule has 1 aromatic carbocycles. The van der Waals surface area contributed by atoms with E-state index in [1.165, 1.54) is 6.07 Å². The van der Waals surface area contributed by atoms with Crippen molar-refractivity contribution < 1.29 is 9.18 Å². The number of hydrogen-bond acceptors (Lipinski definition) is 2. The van der Waals surface area contributed by atoms with Crippen LogP contribution in [0.5, 0.6) is 0 Å². The molecular weight excluding hydrogens is 157 g/mol. The Morgan fingerprint density at radius 3 is 2.92 bits per heavy atom. The molecule has 3 heteroatoms. The van der Waals surface area contributed by atoms with Gasteiger partial charge < -0.3 is 5.73 Å². The molecular formula is C9H8FNO. The van der Waals surface area contributed by atoms with Crippen molar-refractivity contribution in [1.82, 2.24) is 0 Å². The van der Waals surface area contributed by atoms with Gasteiger partial charge >= 0.3 is 0 Å². The number of hydrogen-bond donors (Lipinski definition) is 1. The monoisotopic (exact) mass is 165 g/mol. The highest BCUT2D eigenvalue weighted by molar-refractivity contribution is 6.01. The van der Waals surface area contributed by atoms with E-state index in [-0.39, 0.29) is 23.8 Å². The van der Waals surface area contributed by atoms with Crippen LogP contribution >= 0.6 is 0 Å². The van der Waals surface area contributed by atoms with Crippen molar-refractivity contribution in [2.75, 3.05) is 0 Å². The van der Waals surface area contributed by atoms with Gasteiger partial charge in [-0.1, -0.05) is 12.1 Å². The van der Waals surface area contributed by atoms with E-state index >= 15 is 0 Å². The minimum Gasteiger partial charge on any atom is -0.324 e. The van der Waals surface area contributed by atoms with E-state index in [0.717, 1.165) is 0 Å². The maximum Gasteiger partial charge on any atom is 0.168 e. The molecule has 0 bridgehead atoms. The van der Waals surface area contributed by atoms with Gasteiger partial charge in [-0.2, -0.15) is 0 Å². The van der Waals surface area contributed by atoms with Gasteiger partial charge in [0.25, 0.3) is 0 Å². The summed E-state index contributed by atoms with van der Waals surface area (Å²) in [6.07, 6.45) is 0.232. The number of nitrogens with two attached hydrogens (primary N) is 1. The quantitative estimate of drug-likeness (QED) is 0.631. The fourth-order valence-electron chi connectivity index (χ4n) is 1.56. The molecule has 0 amide bonds. The van der Waals surface area contributed by atoms with Crippen LogP contribution in [0.3, 0.4) is 0 Å². The van der Waals surface area contributed by atoms with Crippen molar-refractivity contribution in [1.29, 1.82) is 0 Å². The van der Waals surface area contributed by atoms with Crippen molar-refractivity contribution in [3.63, 3.8) is 0 Å². The van der Waals surface area contributed by atoms with Gasteiger partial charge in [0, 0.05) is 12.5 Å². The first-order chi connectivity index (χ1) is 5.70. The number of benzene rings is 1. The fourth-order valence-corrected chi connectivity index (χ4v) is 1.56. The Kier molecular flexibility index (Phi) is 1.48. The summed E-state index contributed by atoms with van der Waals surface area (Å²) in [4.78, 5) is 11.2. The molecule has 0 aromatic heterocycles. The summed E-state index contributed by atoms with van der Waals surface area (Å²) in [5.41, 5.74) is 6.44. The van der Waals surface area contributed by atoms with Crippen molar-refractivity contribution in [3.8, 4) is 0 Å². The molecule has 0 saturated heterocycles. The lowest BCUT2D eigenvalue weighted by Gasteiger charge is -2.01. The molecule has 0 saturated carbocycles. The van der Waals surface area contributed by atoms with Crippen LogP contribution in [0.1, 0.15) is 28.4 Å². The first-order valence-electron chi connectivity index (χ1n) is 3.77. The van der Waals surface area contributed by atoms with Crippen LogP contribution in [0.4, 0.5) is 4.39 Å². The van der Waals surface area contributed by atoms with E-state index in [2.05, 4.69) is 0 Å². The topological polar surface area (TPSA) is 43.1 Å². The molecule has 0 spiro atoms. The summed E-state index contributed by atoms with van der Waals surface area (Å²) in [6.45, 7) is 0. The SMILES string of the molecule is N[C@@H]1CC(=O)c2c(F)cccc21. The number of Topliss-reactive ketones (excluding diaryl/α,β-unsaturated/α-hetero) is 1. The lowest BCUT2D eigenvalue weighted by Crippen LogP contribution is -2.05. The molecule has 0 fully saturated rings. The maximum absolute atomic E-state index is 13.0. The van der Waals surface area contributed by atoms with Gasteiger partial charge in [0.05, 0.1) is 5.56 Å². The number of ketones is 1. The Morgan fingerprint density at radius 1 is 1.50 bits per heavy atom. The highest BCUT2D eigenvalue weighted by Gasteiger charge is 2.28. The van der Waals surface area contributed by atoms with Gasteiger partial charge in [-0.05, 0) is 11.6 Å². The van der Waals surface area contributed by atoms with Gasteiger partial charge in [0.2, 0.25) is 0 Å². The molecule has 0 unspecified atom stereocenters. The van der Waals surface area contributed by atoms with Crippen molar-refractivity contribution in [2.45, 2.75) is 12.5 Å². The largest absolute Gasteiger partial charge is 0.324 e. The minimum absolute atomic E-state index is 0.185. The van der Waals surface area contributed by atoms with Gasteiger partial charge in [-0.25, -0.2) is 4.39 Å². The number of carbonyl (C=O) groups excluding carboxylic acids is 1. The third-order valence-corrected chi connectivity index (χ3v) is 2.13. The normalized spacial score (nSPS) is 21.2. The van der Waals surface area contributed by atoms with Crippen LogP contribution in [0.15, 0.2) is 18.2 Å². The van der Waals surface area contributed by atoms with Crippen molar-refractivity contribution in [2.24, 2.45) is 5.73 Å². The molecule has 2 nitrogen and oxygen atoms in total. The predicted octanol–water partition coefficient (Wildman–Crippen LogP) is 1.41. The van der Waals surface area contributed by atoms with Gasteiger partial charge in [-0.15, -0.1) is 0 Å². The van der Waals surface area contributed by atoms with Gasteiger partial charge in [0.1, 0.15) is 5.82 Å². The highest BCUT2D eigenvalue weighted by atomic mass is 19.1. The second-order valence-electron chi connectivity index (χ2n) is 2.94. The smallest absolute Gasteiger partial charge is 0.168 e. The number of fused-ring (bicyclic) bond motifs is 1. The molecule has 2 rings (SSSR count). The fraction of sp³-hybridized carbons (Fsp3) is 0.222. The van der Waals surface area contributed by atoms with E-state index in [4.69, 9.17) is 5.73 Å². The lowest BCUT2D eigenvalue weighted by atomic mass is 10.1. The number of halogens is 1. The van der Waals surface area contributed by atoms with E-state index in [9.17, 15) is 9.18 Å². The van der Waals surface area contributed by atoms with Crippen LogP contribution in [0, 0.1) is 5.82 Å². The van der Waals surface area contributed by atoms with Gasteiger partial charge in [-0.3, -0.25) is 4.79 Å². The third kappa shape index (κ3) is 0.865. The Labute approximate surface area is 69.2 Å². The van der Waals surface area contributed by atoms with E-state index in [1.54, 1.807) is 12.1 Å². The lowest BCUT2D eigenvalue weighted by molar-refractivity contribution is 0.0986. The van der Waals surface area contributed by atoms with Gasteiger partial charge in [0.15, 0.2) is 5.78 Å². The standard InChI is InChI=1S/C9H8FNO/c10-6-3-1-2-5-7(11)4-8(12)9(5)6/h1-3,7H,4,11H2/t7-/m1/s1. The Morgan fingerprint density at radius 2 is 2.25 bits per heavy atom. The maximum atomic E-state index is 13.0. The van der Waals surface area contributed by atoms with E-state index < -0.39 is 5.82 Å². The second kappa shape index (κ2) is 2.38. The summed E-state index contributed by atoms with van der Waals surface area (Å²) in [5, 5.41) is 0. The summed E-state index contributed by atoms with van der Waals surface area (Å²) in [5.74, 6) is -0.638. The van der Waals surface area contributed by atoms with Crippen LogP contribution in [-0.2, 0) is 0 Å². The Bertz CT molecular complexity index is 348. The first-order valence-corrected chi connectivity index (χ1v) is 3.77. The summed E-state index contributed by atoms with van der Waals surface area (Å²) in [7, 11) is 0. The van der Waals surface area contributed by atoms with Crippen LogP contribution in [-0.4, -0.2) is 5.78 Å². The second-order valence-corrected chi connectivity index (χ2v) is 2.94. The zero-order valence-electron chi connectivity index (χ0n) is 6.38. The molecule has 0 heterocycles. The highest BCUT2D eigenvalue weighted by Crippen LogP contribution is 2.30. The molecule has 1 atom stereocenters. The van der Waals surface area contributed by atoms with Crippen molar-refractivity contribution in [3.05, 3.63) is 35.1 Å². The molecule has 2 N–H and O–H groups in total. The van der Waals surface area contributed by atoms with Crippen LogP contribution in [0.2, 0.25) is 0 Å². The van der Waals surface area contributed by atoms with E-state index in [0.29, 0.717) is 5.56 Å². The zero-order chi connectivity index (χ0) is 8.72. The average Bonchev–Trinajstić information content (AvgIpc) is 2.29. The average molecular weight is 165 g/mol. The molecule has 1 aliphatic carbocycles. The Hall–Kier alpha value is -1.22. The third-order valence-electron chi connectivity index (χ3n) is 2.13. The summed E-state index contributed by atoms with van der Waals surface area (Å²) >= 11 is 0. The predicted molar refractivity (Wildman–Crippen MR) is 42.3 cm³/mol. The molecule has 1 aromatic rings. The summed E-state index contributed by atoms with van der Waals surface area (Å²) in [6, 6.07) is 4.25. The minimum atomic E-state index is -0.453. The van der Waals surface area contributed by atoms with Crippen LogP contribution in [0.25, 0.3) is 0 Å². The molecule has 0 aliphatic heterocycles. The molecule has 12 heavy (non-hydrogen) atoms. The molecule has 0 radical (unpaired) electrons. The van der Waals surface area contributed by atoms with E-state index in [1.807, 2.05) is 0 Å². The summed E-state index contributed by atoms with van der Waals surface area (Å²) < 4.78 is 13.0.